The molecule has 116 valence electrons. The van der Waals surface area contributed by atoms with Crippen molar-refractivity contribution in [2.24, 2.45) is 4.99 Å². The van der Waals surface area contributed by atoms with Crippen molar-refractivity contribution < 1.29 is 0 Å². The molecule has 24 heavy (non-hydrogen) atoms. The van der Waals surface area contributed by atoms with Gasteiger partial charge in [0.15, 0.2) is 0 Å². The van der Waals surface area contributed by atoms with Gasteiger partial charge in [0.25, 0.3) is 0 Å². The highest BCUT2D eigenvalue weighted by Gasteiger charge is 2.18. The minimum atomic E-state index is 0.629. The number of benzene rings is 2. The molecule has 1 aliphatic heterocycles. The Labute approximate surface area is 143 Å². The molecule has 0 saturated carbocycles. The van der Waals surface area contributed by atoms with E-state index >= 15 is 0 Å². The number of aliphatic imine (C=N–C) groups is 1. The van der Waals surface area contributed by atoms with Crippen LogP contribution in [-0.4, -0.2) is 20.2 Å². The maximum absolute atomic E-state index is 6.21. The number of nitrogens with one attached hydrogen (secondary N) is 1. The van der Waals surface area contributed by atoms with E-state index in [2.05, 4.69) is 38.9 Å². The molecule has 0 atom stereocenters. The van der Waals surface area contributed by atoms with Gasteiger partial charge in [0.2, 0.25) is 0 Å². The third kappa shape index (κ3) is 2.00. The minimum Gasteiger partial charge on any atom is -0.345 e. The molecule has 2 aromatic heterocycles. The molecule has 5 rings (SSSR count). The number of rotatable bonds is 1. The average molecular weight is 333 g/mol. The van der Waals surface area contributed by atoms with Gasteiger partial charge in [-0.05, 0) is 42.0 Å². The Morgan fingerprint density at radius 1 is 1.08 bits per heavy atom. The van der Waals surface area contributed by atoms with Gasteiger partial charge in [-0.25, -0.2) is 4.98 Å². The number of hydrogen-bond donors (Lipinski definition) is 1. The van der Waals surface area contributed by atoms with Crippen molar-refractivity contribution in [1.82, 2.24) is 14.5 Å². The summed E-state index contributed by atoms with van der Waals surface area (Å²) in [6, 6.07) is 16.3. The molecule has 0 fully saturated rings. The molecule has 0 spiro atoms. The SMILES string of the molecule is Clc1ccc2c(c1)-n1cccc1C(c1ccc3nc[nH]c3c1)=NC2. The first kappa shape index (κ1) is 13.6. The smallest absolute Gasteiger partial charge is 0.0931 e. The average Bonchev–Trinajstić information content (AvgIpc) is 3.22. The van der Waals surface area contributed by atoms with Gasteiger partial charge in [0.1, 0.15) is 0 Å². The molecule has 3 heterocycles. The Bertz CT molecular complexity index is 1100. The van der Waals surface area contributed by atoms with E-state index in [0.29, 0.717) is 6.54 Å². The van der Waals surface area contributed by atoms with E-state index in [1.165, 1.54) is 0 Å². The standard InChI is InChI=1S/C19H13ClN4/c20-14-5-3-13-10-21-19(17-2-1-7-24(17)18(13)9-14)12-4-6-15-16(8-12)23-11-22-15/h1-9,11H,10H2,(H,22,23). The number of nitrogens with zero attached hydrogens (tertiary/aromatic N) is 3. The third-order valence-electron chi connectivity index (χ3n) is 4.40. The lowest BCUT2D eigenvalue weighted by Gasteiger charge is -2.11. The molecule has 0 saturated heterocycles. The van der Waals surface area contributed by atoms with E-state index < -0.39 is 0 Å². The second-order valence-electron chi connectivity index (χ2n) is 5.84. The molecule has 0 amide bonds. The number of aromatic amines is 1. The third-order valence-corrected chi connectivity index (χ3v) is 4.63. The Hall–Kier alpha value is -2.85. The summed E-state index contributed by atoms with van der Waals surface area (Å²) in [5.74, 6) is 0. The predicted molar refractivity (Wildman–Crippen MR) is 96.2 cm³/mol. The van der Waals surface area contributed by atoms with E-state index in [1.54, 1.807) is 6.33 Å². The lowest BCUT2D eigenvalue weighted by atomic mass is 10.1. The van der Waals surface area contributed by atoms with Crippen LogP contribution in [0.5, 0.6) is 0 Å². The zero-order valence-electron chi connectivity index (χ0n) is 12.7. The van der Waals surface area contributed by atoms with Crippen LogP contribution in [0.2, 0.25) is 5.02 Å². The number of aromatic nitrogens is 3. The second kappa shape index (κ2) is 5.08. The van der Waals surface area contributed by atoms with Crippen molar-refractivity contribution >= 4 is 28.3 Å². The fourth-order valence-electron chi connectivity index (χ4n) is 3.25. The first-order chi connectivity index (χ1) is 11.8. The fraction of sp³-hybridized carbons (Fsp3) is 0.0526. The van der Waals surface area contributed by atoms with E-state index in [1.807, 2.05) is 30.3 Å². The monoisotopic (exact) mass is 332 g/mol. The van der Waals surface area contributed by atoms with Gasteiger partial charge in [0.05, 0.1) is 41.0 Å². The van der Waals surface area contributed by atoms with E-state index in [0.717, 1.165) is 44.3 Å². The normalized spacial score (nSPS) is 13.3. The highest BCUT2D eigenvalue weighted by Crippen LogP contribution is 2.28. The van der Waals surface area contributed by atoms with Crippen molar-refractivity contribution in [1.29, 1.82) is 0 Å². The quantitative estimate of drug-likeness (QED) is 0.553. The summed E-state index contributed by atoms with van der Waals surface area (Å²) in [4.78, 5) is 12.3. The molecule has 1 N–H and O–H groups in total. The van der Waals surface area contributed by atoms with Gasteiger partial charge >= 0.3 is 0 Å². The predicted octanol–water partition coefficient (Wildman–Crippen LogP) is 4.36. The van der Waals surface area contributed by atoms with Crippen molar-refractivity contribution in [2.75, 3.05) is 0 Å². The highest BCUT2D eigenvalue weighted by atomic mass is 35.5. The first-order valence-electron chi connectivity index (χ1n) is 7.74. The molecule has 4 aromatic rings. The summed E-state index contributed by atoms with van der Waals surface area (Å²) in [6.45, 7) is 0.629. The van der Waals surface area contributed by atoms with Crippen LogP contribution in [-0.2, 0) is 6.54 Å². The van der Waals surface area contributed by atoms with Gasteiger partial charge in [-0.1, -0.05) is 23.7 Å². The maximum Gasteiger partial charge on any atom is 0.0931 e. The van der Waals surface area contributed by atoms with E-state index in [4.69, 9.17) is 16.6 Å². The largest absolute Gasteiger partial charge is 0.345 e. The van der Waals surface area contributed by atoms with Crippen LogP contribution < -0.4 is 0 Å². The van der Waals surface area contributed by atoms with Gasteiger partial charge in [-0.3, -0.25) is 4.99 Å². The molecular weight excluding hydrogens is 320 g/mol. The van der Waals surface area contributed by atoms with Crippen molar-refractivity contribution in [2.45, 2.75) is 6.54 Å². The van der Waals surface area contributed by atoms with E-state index in [-0.39, 0.29) is 0 Å². The maximum atomic E-state index is 6.21. The van der Waals surface area contributed by atoms with Crippen LogP contribution in [0, 0.1) is 0 Å². The summed E-state index contributed by atoms with van der Waals surface area (Å²) in [7, 11) is 0. The Morgan fingerprint density at radius 3 is 3.00 bits per heavy atom. The van der Waals surface area contributed by atoms with Crippen molar-refractivity contribution in [3.05, 3.63) is 82.9 Å². The summed E-state index contributed by atoms with van der Waals surface area (Å²) in [5, 5.41) is 0.732. The summed E-state index contributed by atoms with van der Waals surface area (Å²) >= 11 is 6.21. The van der Waals surface area contributed by atoms with Crippen LogP contribution >= 0.6 is 11.6 Å². The van der Waals surface area contributed by atoms with Gasteiger partial charge in [-0.15, -0.1) is 0 Å². The molecule has 0 radical (unpaired) electrons. The van der Waals surface area contributed by atoms with Crippen LogP contribution in [0.4, 0.5) is 0 Å². The van der Waals surface area contributed by atoms with Gasteiger partial charge < -0.3 is 9.55 Å². The summed E-state index contributed by atoms with van der Waals surface area (Å²) in [5.41, 5.74) is 7.33. The fourth-order valence-corrected chi connectivity index (χ4v) is 3.41. The second-order valence-corrected chi connectivity index (χ2v) is 6.27. The van der Waals surface area contributed by atoms with Crippen molar-refractivity contribution in [3.8, 4) is 5.69 Å². The Morgan fingerprint density at radius 2 is 2.04 bits per heavy atom. The Kier molecular flexibility index (Phi) is 2.87. The van der Waals surface area contributed by atoms with Crippen LogP contribution in [0.25, 0.3) is 16.7 Å². The van der Waals surface area contributed by atoms with Crippen LogP contribution in [0.15, 0.2) is 66.0 Å². The minimum absolute atomic E-state index is 0.629. The van der Waals surface area contributed by atoms with Gasteiger partial charge in [0, 0.05) is 16.8 Å². The number of fused-ring (bicyclic) bond motifs is 4. The molecule has 1 aliphatic rings. The number of halogens is 1. The number of hydrogen-bond acceptors (Lipinski definition) is 2. The van der Waals surface area contributed by atoms with Crippen LogP contribution in [0.1, 0.15) is 16.8 Å². The first-order valence-corrected chi connectivity index (χ1v) is 8.12. The zero-order chi connectivity index (χ0) is 16.1. The molecular formula is C19H13ClN4. The Balaban J connectivity index is 1.73. The molecule has 0 bridgehead atoms. The van der Waals surface area contributed by atoms with Crippen molar-refractivity contribution in [3.63, 3.8) is 0 Å². The molecule has 5 heteroatoms. The number of imidazole rings is 1. The zero-order valence-corrected chi connectivity index (χ0v) is 13.5. The van der Waals surface area contributed by atoms with Gasteiger partial charge in [-0.2, -0.15) is 0 Å². The summed E-state index contributed by atoms with van der Waals surface area (Å²) < 4.78 is 2.16. The molecule has 0 aliphatic carbocycles. The topological polar surface area (TPSA) is 46.0 Å². The number of H-pyrrole nitrogens is 1. The highest BCUT2D eigenvalue weighted by molar-refractivity contribution is 6.30. The molecule has 0 unspecified atom stereocenters. The molecule has 2 aromatic carbocycles. The molecule has 4 nitrogen and oxygen atoms in total. The lowest BCUT2D eigenvalue weighted by molar-refractivity contribution is 1.02. The summed E-state index contributed by atoms with van der Waals surface area (Å²) in [6.07, 6.45) is 3.77. The lowest BCUT2D eigenvalue weighted by Crippen LogP contribution is -2.08. The van der Waals surface area contributed by atoms with E-state index in [9.17, 15) is 0 Å². The van der Waals surface area contributed by atoms with Crippen LogP contribution in [0.3, 0.4) is 0 Å².